The first kappa shape index (κ1) is 39.9. The molecule has 246 valence electrons. The Labute approximate surface area is 280 Å². The van der Waals surface area contributed by atoms with Crippen molar-refractivity contribution < 1.29 is 4.79 Å². The first-order valence-corrected chi connectivity index (χ1v) is 17.1. The first-order chi connectivity index (χ1) is 21.4. The number of benzene rings is 2. The van der Waals surface area contributed by atoms with Gasteiger partial charge in [0.05, 0.1) is 0 Å². The Hall–Kier alpha value is -3.14. The van der Waals surface area contributed by atoms with Crippen LogP contribution in [0.2, 0.25) is 5.02 Å². The van der Waals surface area contributed by atoms with E-state index in [1.807, 2.05) is 30.5 Å². The predicted octanol–water partition coefficient (Wildman–Crippen LogP) is 11.8. The van der Waals surface area contributed by atoms with Crippen LogP contribution in [-0.2, 0) is 11.2 Å². The second kappa shape index (κ2) is 21.6. The van der Waals surface area contributed by atoms with Gasteiger partial charge in [0.15, 0.2) is 5.78 Å². The van der Waals surface area contributed by atoms with E-state index in [9.17, 15) is 4.79 Å². The number of rotatable bonds is 12. The zero-order valence-electron chi connectivity index (χ0n) is 29.6. The van der Waals surface area contributed by atoms with E-state index in [1.54, 1.807) is 6.92 Å². The molecule has 0 amide bonds. The molecule has 1 aliphatic heterocycles. The summed E-state index contributed by atoms with van der Waals surface area (Å²) in [7, 11) is 0. The number of nitrogens with zero attached hydrogens (tertiary/aromatic N) is 1. The summed E-state index contributed by atoms with van der Waals surface area (Å²) in [5, 5.41) is 0.822. The highest BCUT2D eigenvalue weighted by Gasteiger charge is 2.16. The molecule has 3 rings (SSSR count). The van der Waals surface area contributed by atoms with E-state index in [4.69, 9.17) is 17.3 Å². The van der Waals surface area contributed by atoms with Crippen molar-refractivity contribution in [1.29, 1.82) is 0 Å². The molecule has 0 radical (unpaired) electrons. The number of halogens is 1. The maximum absolute atomic E-state index is 11.6. The third-order valence-corrected chi connectivity index (χ3v) is 8.53. The Morgan fingerprint density at radius 3 is 2.16 bits per heavy atom. The SMILES string of the molecule is C=C1C=C(C(C)=O)C=CN1/C(C)=C(CC)/C(C)=C/c1ccccc1C.CCC(C)Cc1ccc(Cl)cc1.CCCCC(N)CC. The molecule has 0 aromatic heterocycles. The minimum absolute atomic E-state index is 0.0602. The van der Waals surface area contributed by atoms with Gasteiger partial charge in [-0.3, -0.25) is 4.79 Å². The molecule has 0 bridgehead atoms. The summed E-state index contributed by atoms with van der Waals surface area (Å²) in [6.45, 7) is 23.1. The second-order valence-corrected chi connectivity index (χ2v) is 12.5. The summed E-state index contributed by atoms with van der Waals surface area (Å²) in [6, 6.07) is 17.0. The minimum atomic E-state index is 0.0602. The molecule has 4 heteroatoms. The number of allylic oxidation sites excluding steroid dienone is 6. The average Bonchev–Trinajstić information content (AvgIpc) is 3.02. The zero-order chi connectivity index (χ0) is 33.9. The fourth-order valence-corrected chi connectivity index (χ4v) is 5.09. The summed E-state index contributed by atoms with van der Waals surface area (Å²) >= 11 is 5.78. The molecule has 2 N–H and O–H groups in total. The van der Waals surface area contributed by atoms with Gasteiger partial charge >= 0.3 is 0 Å². The molecule has 0 aliphatic carbocycles. The summed E-state index contributed by atoms with van der Waals surface area (Å²) < 4.78 is 0. The van der Waals surface area contributed by atoms with Crippen LogP contribution in [0.5, 0.6) is 0 Å². The lowest BCUT2D eigenvalue weighted by molar-refractivity contribution is -0.113. The summed E-state index contributed by atoms with van der Waals surface area (Å²) in [4.78, 5) is 13.6. The van der Waals surface area contributed by atoms with Crippen LogP contribution in [0.4, 0.5) is 0 Å². The van der Waals surface area contributed by atoms with Crippen LogP contribution < -0.4 is 5.73 Å². The van der Waals surface area contributed by atoms with Crippen molar-refractivity contribution in [3.05, 3.63) is 123 Å². The van der Waals surface area contributed by atoms with Crippen molar-refractivity contribution in [3.63, 3.8) is 0 Å². The number of carbonyl (C=O) groups excluding carboxylic acids is 1. The normalized spacial score (nSPS) is 14.7. The molecule has 0 spiro atoms. The van der Waals surface area contributed by atoms with Crippen LogP contribution in [0.15, 0.2) is 102 Å². The molecule has 45 heavy (non-hydrogen) atoms. The van der Waals surface area contributed by atoms with Crippen LogP contribution in [-0.4, -0.2) is 16.7 Å². The van der Waals surface area contributed by atoms with Gasteiger partial charge < -0.3 is 10.6 Å². The fourth-order valence-electron chi connectivity index (χ4n) is 4.97. The van der Waals surface area contributed by atoms with Gasteiger partial charge in [-0.15, -0.1) is 0 Å². The van der Waals surface area contributed by atoms with Crippen molar-refractivity contribution in [1.82, 2.24) is 4.90 Å². The Kier molecular flexibility index (Phi) is 19.1. The largest absolute Gasteiger partial charge is 0.328 e. The lowest BCUT2D eigenvalue weighted by Crippen LogP contribution is -2.18. The maximum atomic E-state index is 11.6. The molecule has 1 aliphatic rings. The molecular weight excluding hydrogens is 572 g/mol. The summed E-state index contributed by atoms with van der Waals surface area (Å²) in [6.07, 6.45) is 16.1. The molecule has 2 atom stereocenters. The number of carbonyl (C=O) groups is 1. The second-order valence-electron chi connectivity index (χ2n) is 12.1. The molecule has 0 fully saturated rings. The number of unbranched alkanes of at least 4 members (excludes halogenated alkanes) is 1. The van der Waals surface area contributed by atoms with Crippen molar-refractivity contribution in [2.24, 2.45) is 11.7 Å². The summed E-state index contributed by atoms with van der Waals surface area (Å²) in [5.41, 5.74) is 14.7. The van der Waals surface area contributed by atoms with Gasteiger partial charge in [-0.25, -0.2) is 0 Å². The van der Waals surface area contributed by atoms with Gasteiger partial charge in [-0.2, -0.15) is 0 Å². The van der Waals surface area contributed by atoms with Gasteiger partial charge in [-0.05, 0) is 111 Å². The molecular formula is C41H59ClN2O. The van der Waals surface area contributed by atoms with Crippen LogP contribution >= 0.6 is 11.6 Å². The van der Waals surface area contributed by atoms with E-state index in [0.29, 0.717) is 11.6 Å². The standard InChI is InChI=1S/C23H27NO.C11H15Cl.C7H17N/c1-7-23(17(3)14-21-11-9-8-10-16(21)2)19(5)24-13-12-22(20(6)25)15-18(24)4;1-3-9(2)8-10-4-6-11(12)7-5-10;1-3-5-6-7(8)4-2/h8-15H,4,7H2,1-3,5-6H3;4-7,9H,3,8H2,1-2H3;7H,3-6,8H2,1-2H3/b17-14+,23-19+;;. The Morgan fingerprint density at radius 2 is 1.64 bits per heavy atom. The number of nitrogens with two attached hydrogens (primary N) is 1. The van der Waals surface area contributed by atoms with Gasteiger partial charge in [-0.1, -0.05) is 115 Å². The molecule has 2 aromatic rings. The van der Waals surface area contributed by atoms with E-state index in [1.165, 1.54) is 53.5 Å². The number of aryl methyl sites for hydroxylation is 1. The van der Waals surface area contributed by atoms with Crippen LogP contribution in [0.25, 0.3) is 6.08 Å². The van der Waals surface area contributed by atoms with E-state index in [0.717, 1.165) is 41.6 Å². The van der Waals surface area contributed by atoms with E-state index >= 15 is 0 Å². The number of hydrogen-bond donors (Lipinski definition) is 1. The Bertz CT molecular complexity index is 1330. The lowest BCUT2D eigenvalue weighted by Gasteiger charge is -2.27. The molecule has 0 saturated carbocycles. The van der Waals surface area contributed by atoms with Gasteiger partial charge in [0, 0.05) is 34.2 Å². The number of ketones is 1. The highest BCUT2D eigenvalue weighted by molar-refractivity contribution is 6.30. The van der Waals surface area contributed by atoms with Gasteiger partial charge in [0.2, 0.25) is 0 Å². The topological polar surface area (TPSA) is 46.3 Å². The van der Waals surface area contributed by atoms with Gasteiger partial charge in [0.1, 0.15) is 0 Å². The van der Waals surface area contributed by atoms with Gasteiger partial charge in [0.25, 0.3) is 0 Å². The van der Waals surface area contributed by atoms with Crippen molar-refractivity contribution in [2.75, 3.05) is 0 Å². The van der Waals surface area contributed by atoms with E-state index in [2.05, 4.69) is 109 Å². The lowest BCUT2D eigenvalue weighted by atomic mass is 9.97. The van der Waals surface area contributed by atoms with Crippen molar-refractivity contribution >= 4 is 23.5 Å². The summed E-state index contributed by atoms with van der Waals surface area (Å²) in [5.74, 6) is 0.830. The van der Waals surface area contributed by atoms with Crippen LogP contribution in [0, 0.1) is 12.8 Å². The van der Waals surface area contributed by atoms with Crippen LogP contribution in [0.3, 0.4) is 0 Å². The molecule has 2 aromatic carbocycles. The van der Waals surface area contributed by atoms with Crippen LogP contribution in [0.1, 0.15) is 111 Å². The molecule has 3 nitrogen and oxygen atoms in total. The highest BCUT2D eigenvalue weighted by atomic mass is 35.5. The monoisotopic (exact) mass is 630 g/mol. The first-order valence-electron chi connectivity index (χ1n) is 16.7. The Balaban J connectivity index is 0.000000417. The third-order valence-electron chi connectivity index (χ3n) is 8.28. The van der Waals surface area contributed by atoms with Crippen molar-refractivity contribution in [3.8, 4) is 0 Å². The zero-order valence-corrected chi connectivity index (χ0v) is 30.3. The molecule has 2 unspecified atom stereocenters. The van der Waals surface area contributed by atoms with E-state index < -0.39 is 0 Å². The molecule has 0 saturated heterocycles. The third kappa shape index (κ3) is 14.7. The minimum Gasteiger partial charge on any atom is -0.328 e. The maximum Gasteiger partial charge on any atom is 0.159 e. The van der Waals surface area contributed by atoms with Crippen molar-refractivity contribution in [2.45, 2.75) is 113 Å². The number of hydrogen-bond acceptors (Lipinski definition) is 3. The van der Waals surface area contributed by atoms with E-state index in [-0.39, 0.29) is 5.78 Å². The predicted molar refractivity (Wildman–Crippen MR) is 199 cm³/mol. The smallest absolute Gasteiger partial charge is 0.159 e. The number of Topliss-reactive ketones (excluding diaryl/α,β-unsaturated/α-hetero) is 1. The Morgan fingerprint density at radius 1 is 1.00 bits per heavy atom. The quantitative estimate of drug-likeness (QED) is 0.237. The highest BCUT2D eigenvalue weighted by Crippen LogP contribution is 2.28. The fraction of sp³-hybridized carbons (Fsp3) is 0.439. The molecule has 1 heterocycles. The average molecular weight is 631 g/mol.